The van der Waals surface area contributed by atoms with Gasteiger partial charge in [-0.25, -0.2) is 4.39 Å². The number of nitrogens with zero attached hydrogens (tertiary/aromatic N) is 2. The summed E-state index contributed by atoms with van der Waals surface area (Å²) in [5, 5.41) is 13.4. The number of rotatable bonds is 4. The average molecular weight is 281 g/mol. The van der Waals surface area contributed by atoms with E-state index in [1.165, 1.54) is 6.07 Å². The smallest absolute Gasteiger partial charge is 0.274 e. The molecule has 0 bridgehead atoms. The Morgan fingerprint density at radius 3 is 2.65 bits per heavy atom. The molecule has 0 aromatic heterocycles. The summed E-state index contributed by atoms with van der Waals surface area (Å²) in [6.45, 7) is 1.49. The normalized spacial score (nSPS) is 14.9. The van der Waals surface area contributed by atoms with Gasteiger partial charge in [0.05, 0.1) is 17.5 Å². The van der Waals surface area contributed by atoms with Crippen LogP contribution in [-0.4, -0.2) is 35.4 Å². The molecule has 1 heterocycles. The van der Waals surface area contributed by atoms with Crippen LogP contribution in [0.5, 0.6) is 0 Å². The Balaban J connectivity index is 1.96. The number of hydrogen-bond acceptors (Lipinski definition) is 4. The molecule has 1 amide bonds. The van der Waals surface area contributed by atoms with Gasteiger partial charge < -0.3 is 10.2 Å². The summed E-state index contributed by atoms with van der Waals surface area (Å²) in [6.07, 6.45) is 3.13. The maximum atomic E-state index is 13.2. The summed E-state index contributed by atoms with van der Waals surface area (Å²) in [7, 11) is 0. The fourth-order valence-electron chi connectivity index (χ4n) is 2.21. The fraction of sp³-hybridized carbons (Fsp3) is 0.462. The van der Waals surface area contributed by atoms with Crippen LogP contribution in [0, 0.1) is 15.9 Å². The lowest BCUT2D eigenvalue weighted by molar-refractivity contribution is -0.385. The number of non-ortho nitro benzene ring substituents is 1. The minimum Gasteiger partial charge on any atom is -0.376 e. The first-order chi connectivity index (χ1) is 9.56. The van der Waals surface area contributed by atoms with Gasteiger partial charge in [-0.3, -0.25) is 14.9 Å². The topological polar surface area (TPSA) is 75.5 Å². The Hall–Kier alpha value is -2.18. The molecule has 0 aliphatic carbocycles. The van der Waals surface area contributed by atoms with E-state index in [-0.39, 0.29) is 23.8 Å². The summed E-state index contributed by atoms with van der Waals surface area (Å²) < 4.78 is 13.2. The second-order valence-electron chi connectivity index (χ2n) is 4.75. The van der Waals surface area contributed by atoms with Crippen LogP contribution in [0.3, 0.4) is 0 Å². The van der Waals surface area contributed by atoms with Crippen molar-refractivity contribution in [2.75, 3.05) is 25.0 Å². The van der Waals surface area contributed by atoms with E-state index in [2.05, 4.69) is 5.32 Å². The number of likely N-dealkylation sites (tertiary alicyclic amines) is 1. The van der Waals surface area contributed by atoms with Crippen molar-refractivity contribution in [1.82, 2.24) is 4.90 Å². The largest absolute Gasteiger partial charge is 0.376 e. The molecule has 20 heavy (non-hydrogen) atoms. The third kappa shape index (κ3) is 3.66. The molecule has 1 aliphatic rings. The average Bonchev–Trinajstić information content (AvgIpc) is 2.45. The molecule has 7 heteroatoms. The van der Waals surface area contributed by atoms with Crippen molar-refractivity contribution in [1.29, 1.82) is 0 Å². The molecule has 108 valence electrons. The molecule has 1 aromatic carbocycles. The molecule has 1 aromatic rings. The Kier molecular flexibility index (Phi) is 4.49. The first kappa shape index (κ1) is 14.2. The van der Waals surface area contributed by atoms with Crippen molar-refractivity contribution in [2.45, 2.75) is 19.3 Å². The molecular formula is C13H16FN3O3. The Labute approximate surface area is 115 Å². The third-order valence-corrected chi connectivity index (χ3v) is 3.25. The van der Waals surface area contributed by atoms with Crippen LogP contribution in [0.25, 0.3) is 0 Å². The molecule has 0 spiro atoms. The second kappa shape index (κ2) is 6.31. The number of nitro benzene ring substituents is 1. The molecule has 0 unspecified atom stereocenters. The van der Waals surface area contributed by atoms with Gasteiger partial charge in [0, 0.05) is 24.8 Å². The Morgan fingerprint density at radius 1 is 1.30 bits per heavy atom. The van der Waals surface area contributed by atoms with E-state index in [0.717, 1.165) is 44.5 Å². The maximum Gasteiger partial charge on any atom is 0.274 e. The summed E-state index contributed by atoms with van der Waals surface area (Å²) in [5.41, 5.74) is -0.0972. The SMILES string of the molecule is O=C(CNc1cc(F)cc([N+](=O)[O-])c1)N1CCCCC1. The van der Waals surface area contributed by atoms with Gasteiger partial charge in [0.2, 0.25) is 5.91 Å². The number of halogens is 1. The van der Waals surface area contributed by atoms with Crippen LogP contribution in [0.1, 0.15) is 19.3 Å². The highest BCUT2D eigenvalue weighted by Crippen LogP contribution is 2.20. The van der Waals surface area contributed by atoms with E-state index >= 15 is 0 Å². The van der Waals surface area contributed by atoms with E-state index < -0.39 is 10.7 Å². The first-order valence-electron chi connectivity index (χ1n) is 6.53. The van der Waals surface area contributed by atoms with Crippen molar-refractivity contribution in [2.24, 2.45) is 0 Å². The van der Waals surface area contributed by atoms with Gasteiger partial charge in [0.15, 0.2) is 0 Å². The van der Waals surface area contributed by atoms with Gasteiger partial charge in [-0.2, -0.15) is 0 Å². The summed E-state index contributed by atoms with van der Waals surface area (Å²) in [4.78, 5) is 23.6. The van der Waals surface area contributed by atoms with Crippen LogP contribution in [0.2, 0.25) is 0 Å². The summed E-state index contributed by atoms with van der Waals surface area (Å²) >= 11 is 0. The zero-order chi connectivity index (χ0) is 14.5. The minimum absolute atomic E-state index is 0.0145. The number of piperidine rings is 1. The number of amides is 1. The summed E-state index contributed by atoms with van der Waals surface area (Å²) in [6, 6.07) is 3.20. The molecule has 1 aliphatic heterocycles. The van der Waals surface area contributed by atoms with Crippen molar-refractivity contribution in [3.05, 3.63) is 34.1 Å². The standard InChI is InChI=1S/C13H16FN3O3/c14-10-6-11(8-12(7-10)17(19)20)15-9-13(18)16-4-2-1-3-5-16/h6-8,15H,1-5,9H2. The maximum absolute atomic E-state index is 13.2. The molecular weight excluding hydrogens is 265 g/mol. The molecule has 2 rings (SSSR count). The monoisotopic (exact) mass is 281 g/mol. The highest BCUT2D eigenvalue weighted by molar-refractivity contribution is 5.81. The quantitative estimate of drug-likeness (QED) is 0.678. The van der Waals surface area contributed by atoms with Gasteiger partial charge in [-0.05, 0) is 25.3 Å². The fourth-order valence-corrected chi connectivity index (χ4v) is 2.21. The van der Waals surface area contributed by atoms with Crippen molar-refractivity contribution >= 4 is 17.3 Å². The molecule has 6 nitrogen and oxygen atoms in total. The van der Waals surface area contributed by atoms with Crippen molar-refractivity contribution < 1.29 is 14.1 Å². The highest BCUT2D eigenvalue weighted by atomic mass is 19.1. The molecule has 1 fully saturated rings. The van der Waals surface area contributed by atoms with Crippen LogP contribution in [-0.2, 0) is 4.79 Å². The Bertz CT molecular complexity index is 516. The number of anilines is 1. The first-order valence-corrected chi connectivity index (χ1v) is 6.53. The van der Waals surface area contributed by atoms with Crippen LogP contribution in [0.4, 0.5) is 15.8 Å². The predicted octanol–water partition coefficient (Wildman–Crippen LogP) is 2.16. The van der Waals surface area contributed by atoms with Gasteiger partial charge in [0.25, 0.3) is 5.69 Å². The molecule has 0 saturated carbocycles. The van der Waals surface area contributed by atoms with Crippen LogP contribution in [0.15, 0.2) is 18.2 Å². The minimum atomic E-state index is -0.702. The van der Waals surface area contributed by atoms with E-state index in [0.29, 0.717) is 0 Å². The number of nitro groups is 1. The van der Waals surface area contributed by atoms with Crippen molar-refractivity contribution in [3.8, 4) is 0 Å². The lowest BCUT2D eigenvalue weighted by Gasteiger charge is -2.26. The highest BCUT2D eigenvalue weighted by Gasteiger charge is 2.16. The molecule has 1 N–H and O–H groups in total. The number of carbonyl (C=O) groups is 1. The van der Waals surface area contributed by atoms with Gasteiger partial charge in [-0.15, -0.1) is 0 Å². The number of benzene rings is 1. The lowest BCUT2D eigenvalue weighted by Crippen LogP contribution is -2.39. The van der Waals surface area contributed by atoms with E-state index in [1.54, 1.807) is 4.90 Å². The van der Waals surface area contributed by atoms with Gasteiger partial charge >= 0.3 is 0 Å². The molecule has 0 atom stereocenters. The number of hydrogen-bond donors (Lipinski definition) is 1. The molecule has 0 radical (unpaired) electrons. The van der Waals surface area contributed by atoms with Crippen LogP contribution < -0.4 is 5.32 Å². The van der Waals surface area contributed by atoms with Crippen LogP contribution >= 0.6 is 0 Å². The Morgan fingerprint density at radius 2 is 2.00 bits per heavy atom. The van der Waals surface area contributed by atoms with E-state index in [4.69, 9.17) is 0 Å². The van der Waals surface area contributed by atoms with E-state index in [1.807, 2.05) is 0 Å². The molecule has 1 saturated heterocycles. The van der Waals surface area contributed by atoms with E-state index in [9.17, 15) is 19.3 Å². The summed E-state index contributed by atoms with van der Waals surface area (Å²) in [5.74, 6) is -0.774. The van der Waals surface area contributed by atoms with Crippen molar-refractivity contribution in [3.63, 3.8) is 0 Å². The zero-order valence-electron chi connectivity index (χ0n) is 11.0. The number of carbonyl (C=O) groups excluding carboxylic acids is 1. The predicted molar refractivity (Wildman–Crippen MR) is 72.0 cm³/mol. The lowest BCUT2D eigenvalue weighted by atomic mass is 10.1. The second-order valence-corrected chi connectivity index (χ2v) is 4.75. The van der Waals surface area contributed by atoms with Gasteiger partial charge in [-0.1, -0.05) is 0 Å². The van der Waals surface area contributed by atoms with Gasteiger partial charge in [0.1, 0.15) is 5.82 Å². The number of nitrogens with one attached hydrogen (secondary N) is 1. The zero-order valence-corrected chi connectivity index (χ0v) is 11.0. The third-order valence-electron chi connectivity index (χ3n) is 3.25.